The van der Waals surface area contributed by atoms with Crippen molar-refractivity contribution in [1.82, 2.24) is 14.8 Å². The van der Waals surface area contributed by atoms with Crippen molar-refractivity contribution in [2.24, 2.45) is 0 Å². The maximum Gasteiger partial charge on any atom is 0.246 e. The van der Waals surface area contributed by atoms with Crippen LogP contribution in [0.1, 0.15) is 29.8 Å². The lowest BCUT2D eigenvalue weighted by Gasteiger charge is -2.41. The minimum Gasteiger partial charge on any atom is -0.387 e. The van der Waals surface area contributed by atoms with Crippen LogP contribution in [-0.2, 0) is 14.6 Å². The number of aliphatic hydroxyl groups excluding tert-OH is 1. The standard InChI is InChI=1S/C29H28ClF2N5O4S/c1-4-20(39)36-11-12-37-17(13-36)14-42(40,41)28-22(29(37)33)27(35-25-15(2)9-10-34-26(25)16(3)38)24(32)21(23(28)30)18-7-5-6-8-19(18)31/h4-10,16-17,33,35,38H,1,11-14H2,2-3H3. The average Bonchev–Trinajstić information content (AvgIpc) is 3.03. The molecule has 2 unspecified atom stereocenters. The van der Waals surface area contributed by atoms with Gasteiger partial charge in [0.2, 0.25) is 5.91 Å². The van der Waals surface area contributed by atoms with Crippen LogP contribution in [0.25, 0.3) is 11.1 Å². The zero-order valence-corrected chi connectivity index (χ0v) is 24.4. The number of sulfone groups is 1. The van der Waals surface area contributed by atoms with E-state index in [9.17, 15) is 23.7 Å². The highest BCUT2D eigenvalue weighted by Crippen LogP contribution is 2.47. The van der Waals surface area contributed by atoms with Gasteiger partial charge >= 0.3 is 0 Å². The quantitative estimate of drug-likeness (QED) is 0.283. The summed E-state index contributed by atoms with van der Waals surface area (Å²) in [5.74, 6) is -3.15. The van der Waals surface area contributed by atoms with Crippen molar-refractivity contribution < 1.29 is 27.1 Å². The Labute approximate surface area is 246 Å². The van der Waals surface area contributed by atoms with E-state index in [0.717, 1.165) is 12.1 Å². The molecular formula is C29H28ClF2N5O4S. The third-order valence-corrected chi connectivity index (χ3v) is 9.87. The fourth-order valence-electron chi connectivity index (χ4n) is 5.49. The number of aryl methyl sites for hydroxylation is 1. The van der Waals surface area contributed by atoms with Crippen molar-refractivity contribution in [2.75, 3.05) is 30.7 Å². The minimum atomic E-state index is -4.35. The first-order valence-corrected chi connectivity index (χ1v) is 15.1. The summed E-state index contributed by atoms with van der Waals surface area (Å²) >= 11 is 6.69. The summed E-state index contributed by atoms with van der Waals surface area (Å²) in [5, 5.41) is 21.9. The second-order valence-corrected chi connectivity index (χ2v) is 12.6. The number of hydrogen-bond donors (Lipinski definition) is 3. The summed E-state index contributed by atoms with van der Waals surface area (Å²) in [5.41, 5.74) is -0.612. The molecule has 0 bridgehead atoms. The minimum absolute atomic E-state index is 0.0165. The van der Waals surface area contributed by atoms with Crippen LogP contribution < -0.4 is 5.32 Å². The summed E-state index contributed by atoms with van der Waals surface area (Å²) in [6.45, 7) is 6.91. The molecule has 13 heteroatoms. The third kappa shape index (κ3) is 4.93. The van der Waals surface area contributed by atoms with Crippen molar-refractivity contribution in [3.05, 3.63) is 82.7 Å². The van der Waals surface area contributed by atoms with E-state index in [1.54, 1.807) is 13.0 Å². The van der Waals surface area contributed by atoms with Gasteiger partial charge in [0.25, 0.3) is 0 Å². The van der Waals surface area contributed by atoms with Crippen LogP contribution in [-0.4, -0.2) is 71.5 Å². The number of nitrogens with one attached hydrogen (secondary N) is 2. The van der Waals surface area contributed by atoms with Crippen LogP contribution in [0.4, 0.5) is 20.2 Å². The number of pyridine rings is 1. The Morgan fingerprint density at radius 3 is 2.62 bits per heavy atom. The van der Waals surface area contributed by atoms with Crippen molar-refractivity contribution in [3.8, 4) is 11.1 Å². The number of halogens is 3. The Bertz CT molecular complexity index is 1750. The molecule has 3 N–H and O–H groups in total. The highest BCUT2D eigenvalue weighted by atomic mass is 35.5. The van der Waals surface area contributed by atoms with Gasteiger partial charge in [-0.25, -0.2) is 17.2 Å². The third-order valence-electron chi connectivity index (χ3n) is 7.53. The van der Waals surface area contributed by atoms with Gasteiger partial charge in [0.1, 0.15) is 11.7 Å². The molecule has 2 aliphatic rings. The number of piperazine rings is 1. The highest BCUT2D eigenvalue weighted by molar-refractivity contribution is 7.91. The van der Waals surface area contributed by atoms with Crippen LogP contribution in [0, 0.1) is 24.0 Å². The number of nitrogens with zero attached hydrogens (tertiary/aromatic N) is 3. The summed E-state index contributed by atoms with van der Waals surface area (Å²) in [6.07, 6.45) is 1.51. The highest BCUT2D eigenvalue weighted by Gasteiger charge is 2.44. The van der Waals surface area contributed by atoms with E-state index < -0.39 is 60.5 Å². The van der Waals surface area contributed by atoms with Crippen LogP contribution >= 0.6 is 11.6 Å². The number of amidine groups is 1. The summed E-state index contributed by atoms with van der Waals surface area (Å²) in [6, 6.07) is 6.02. The second-order valence-electron chi connectivity index (χ2n) is 10.2. The molecule has 1 saturated heterocycles. The van der Waals surface area contributed by atoms with Crippen molar-refractivity contribution in [2.45, 2.75) is 30.9 Å². The van der Waals surface area contributed by atoms with Crippen molar-refractivity contribution in [3.63, 3.8) is 0 Å². The lowest BCUT2D eigenvalue weighted by atomic mass is 9.98. The molecule has 3 aromatic rings. The van der Waals surface area contributed by atoms with Gasteiger partial charge in [-0.2, -0.15) is 0 Å². The van der Waals surface area contributed by atoms with E-state index in [1.807, 2.05) is 0 Å². The molecule has 0 aliphatic carbocycles. The van der Waals surface area contributed by atoms with E-state index in [2.05, 4.69) is 16.9 Å². The first-order chi connectivity index (χ1) is 19.9. The molecule has 0 spiro atoms. The molecule has 2 atom stereocenters. The number of hydrogen-bond acceptors (Lipinski definition) is 7. The predicted octanol–water partition coefficient (Wildman–Crippen LogP) is 4.60. The van der Waals surface area contributed by atoms with Gasteiger partial charge in [-0.3, -0.25) is 15.2 Å². The Morgan fingerprint density at radius 1 is 1.24 bits per heavy atom. The molecule has 1 aromatic heterocycles. The molecule has 0 saturated carbocycles. The van der Waals surface area contributed by atoms with Gasteiger partial charge in [-0.05, 0) is 37.6 Å². The normalized spacial score (nSPS) is 18.5. The molecule has 2 aromatic carbocycles. The number of aliphatic hydroxyl groups is 1. The maximum absolute atomic E-state index is 16.8. The van der Waals surface area contributed by atoms with Crippen molar-refractivity contribution in [1.29, 1.82) is 5.41 Å². The predicted molar refractivity (Wildman–Crippen MR) is 156 cm³/mol. The van der Waals surface area contributed by atoms with Gasteiger partial charge < -0.3 is 20.2 Å². The monoisotopic (exact) mass is 615 g/mol. The Balaban J connectivity index is 1.82. The first-order valence-electron chi connectivity index (χ1n) is 13.1. The largest absolute Gasteiger partial charge is 0.387 e. The Kier molecular flexibility index (Phi) is 7.82. The number of amides is 1. The number of fused-ring (bicyclic) bond motifs is 2. The summed E-state index contributed by atoms with van der Waals surface area (Å²) in [4.78, 5) is 19.0. The molecule has 5 rings (SSSR count). The number of carbonyl (C=O) groups excluding carboxylic acids is 1. The Hall–Kier alpha value is -3.87. The smallest absolute Gasteiger partial charge is 0.246 e. The van der Waals surface area contributed by atoms with Crippen molar-refractivity contribution >= 4 is 44.6 Å². The van der Waals surface area contributed by atoms with E-state index in [1.165, 1.54) is 41.1 Å². The molecule has 3 heterocycles. The fourth-order valence-corrected chi connectivity index (χ4v) is 7.96. The fraction of sp³-hybridized carbons (Fsp3) is 0.276. The first kappa shape index (κ1) is 29.6. The SMILES string of the molecule is C=CC(=O)N1CCN2C(=N)c3c(Nc4c(C)ccnc4C(C)O)c(F)c(-c4ccccc4F)c(Cl)c3S(=O)(=O)CC2C1. The zero-order chi connectivity index (χ0) is 30.5. The zero-order valence-electron chi connectivity index (χ0n) is 22.8. The summed E-state index contributed by atoms with van der Waals surface area (Å²) < 4.78 is 59.9. The van der Waals surface area contributed by atoms with Crippen LogP contribution in [0.2, 0.25) is 5.02 Å². The van der Waals surface area contributed by atoms with Gasteiger partial charge in [-0.15, -0.1) is 0 Å². The molecule has 1 fully saturated rings. The topological polar surface area (TPSA) is 127 Å². The number of benzene rings is 2. The molecular weight excluding hydrogens is 588 g/mol. The van der Waals surface area contributed by atoms with Gasteiger partial charge in [0, 0.05) is 37.0 Å². The van der Waals surface area contributed by atoms with E-state index in [4.69, 9.17) is 11.6 Å². The molecule has 0 radical (unpaired) electrons. The molecule has 9 nitrogen and oxygen atoms in total. The molecule has 2 aliphatic heterocycles. The molecule has 42 heavy (non-hydrogen) atoms. The van der Waals surface area contributed by atoms with E-state index >= 15 is 8.78 Å². The van der Waals surface area contributed by atoms with E-state index in [-0.39, 0.29) is 53.9 Å². The lowest BCUT2D eigenvalue weighted by Crippen LogP contribution is -2.57. The number of aromatic nitrogens is 1. The van der Waals surface area contributed by atoms with Crippen LogP contribution in [0.5, 0.6) is 0 Å². The van der Waals surface area contributed by atoms with Crippen LogP contribution in [0.3, 0.4) is 0 Å². The summed E-state index contributed by atoms with van der Waals surface area (Å²) in [7, 11) is -4.35. The molecule has 220 valence electrons. The van der Waals surface area contributed by atoms with Gasteiger partial charge in [-0.1, -0.05) is 36.4 Å². The maximum atomic E-state index is 16.8. The number of rotatable bonds is 5. The van der Waals surface area contributed by atoms with Gasteiger partial charge in [0.15, 0.2) is 15.7 Å². The number of carbonyl (C=O) groups is 1. The van der Waals surface area contributed by atoms with Gasteiger partial charge in [0.05, 0.1) is 50.4 Å². The Morgan fingerprint density at radius 2 is 1.95 bits per heavy atom. The van der Waals surface area contributed by atoms with Crippen LogP contribution in [0.15, 0.2) is 54.1 Å². The number of anilines is 2. The molecule has 1 amide bonds. The average molecular weight is 616 g/mol. The second kappa shape index (κ2) is 11.1. The van der Waals surface area contributed by atoms with E-state index in [0.29, 0.717) is 5.56 Å². The lowest BCUT2D eigenvalue weighted by molar-refractivity contribution is -0.128.